The van der Waals surface area contributed by atoms with Crippen molar-refractivity contribution < 1.29 is 23.1 Å². The number of aliphatic carboxylic acids is 1. The van der Waals surface area contributed by atoms with Crippen LogP contribution in [0.15, 0.2) is 65.6 Å². The summed E-state index contributed by atoms with van der Waals surface area (Å²) < 4.78 is 29.6. The highest BCUT2D eigenvalue weighted by molar-refractivity contribution is 7.92. The molecular formula is C30H36N4O5S. The summed E-state index contributed by atoms with van der Waals surface area (Å²) in [5.41, 5.74) is 1.16. The largest absolute Gasteiger partial charge is 0.481 e. The Morgan fingerprint density at radius 3 is 2.33 bits per heavy atom. The molecule has 9 nitrogen and oxygen atoms in total. The molecular weight excluding hydrogens is 528 g/mol. The maximum absolute atomic E-state index is 13.5. The molecule has 2 saturated heterocycles. The van der Waals surface area contributed by atoms with Crippen LogP contribution in [0.1, 0.15) is 42.5 Å². The van der Waals surface area contributed by atoms with Crippen molar-refractivity contribution in [3.8, 4) is 0 Å². The Hall–Kier alpha value is -3.63. The zero-order chi connectivity index (χ0) is 28.1. The number of carboxylic acid groups (broad SMARTS) is 1. The number of carbonyl (C=O) groups is 2. The topological polar surface area (TPSA) is 128 Å². The highest BCUT2D eigenvalue weighted by Crippen LogP contribution is 2.34. The summed E-state index contributed by atoms with van der Waals surface area (Å²) >= 11 is 0. The third-order valence-corrected chi connectivity index (χ3v) is 9.47. The minimum Gasteiger partial charge on any atom is -0.481 e. The number of hydrogen-bond donors (Lipinski definition) is 4. The van der Waals surface area contributed by atoms with E-state index in [0.717, 1.165) is 61.4 Å². The summed E-state index contributed by atoms with van der Waals surface area (Å²) in [6.07, 6.45) is 4.38. The summed E-state index contributed by atoms with van der Waals surface area (Å²) in [6.45, 7) is 3.85. The first-order valence-corrected chi connectivity index (χ1v) is 15.4. The van der Waals surface area contributed by atoms with E-state index in [1.165, 1.54) is 12.8 Å². The molecule has 3 aromatic carbocycles. The van der Waals surface area contributed by atoms with Crippen molar-refractivity contribution in [2.45, 2.75) is 37.0 Å². The van der Waals surface area contributed by atoms with Crippen LogP contribution in [-0.2, 0) is 14.8 Å². The van der Waals surface area contributed by atoms with Crippen LogP contribution >= 0.6 is 0 Å². The molecule has 2 aliphatic heterocycles. The highest BCUT2D eigenvalue weighted by Gasteiger charge is 2.28. The van der Waals surface area contributed by atoms with E-state index in [1.54, 1.807) is 30.3 Å². The number of nitrogens with one attached hydrogen (secondary N) is 3. The molecule has 0 bridgehead atoms. The number of sulfonamides is 1. The van der Waals surface area contributed by atoms with Crippen molar-refractivity contribution in [1.82, 2.24) is 10.6 Å². The van der Waals surface area contributed by atoms with E-state index >= 15 is 0 Å². The fourth-order valence-corrected chi connectivity index (χ4v) is 6.98. The SMILES string of the molecule is O=C(O)CCNC(=O)c1ccc(N2CCC(C3CCNCC3)CC2)cc1NS(=O)(=O)c1ccc2ccccc2c1. The van der Waals surface area contributed by atoms with E-state index in [9.17, 15) is 18.0 Å². The van der Waals surface area contributed by atoms with E-state index in [4.69, 9.17) is 5.11 Å². The average Bonchev–Trinajstić information content (AvgIpc) is 2.97. The number of piperidine rings is 2. The Morgan fingerprint density at radius 1 is 0.900 bits per heavy atom. The number of amides is 1. The van der Waals surface area contributed by atoms with Gasteiger partial charge in [-0.05, 0) is 91.7 Å². The minimum atomic E-state index is -4.01. The van der Waals surface area contributed by atoms with E-state index in [1.807, 2.05) is 30.3 Å². The van der Waals surface area contributed by atoms with Gasteiger partial charge in [-0.15, -0.1) is 0 Å². The Bertz CT molecular complexity index is 1480. The van der Waals surface area contributed by atoms with Crippen LogP contribution in [0, 0.1) is 11.8 Å². The summed E-state index contributed by atoms with van der Waals surface area (Å²) in [5.74, 6) is -0.109. The lowest BCUT2D eigenvalue weighted by Crippen LogP contribution is -2.39. The van der Waals surface area contributed by atoms with Crippen LogP contribution in [0.2, 0.25) is 0 Å². The maximum Gasteiger partial charge on any atom is 0.305 e. The lowest BCUT2D eigenvalue weighted by Gasteiger charge is -2.39. The predicted molar refractivity (Wildman–Crippen MR) is 156 cm³/mol. The number of rotatable bonds is 9. The first kappa shape index (κ1) is 27.9. The van der Waals surface area contributed by atoms with Crippen LogP contribution in [0.3, 0.4) is 0 Å². The van der Waals surface area contributed by atoms with Crippen LogP contribution < -0.4 is 20.3 Å². The summed E-state index contributed by atoms with van der Waals surface area (Å²) in [4.78, 5) is 26.2. The number of nitrogens with zero attached hydrogens (tertiary/aromatic N) is 1. The number of anilines is 2. The lowest BCUT2D eigenvalue weighted by atomic mass is 9.79. The molecule has 1 amide bonds. The second kappa shape index (κ2) is 12.3. The van der Waals surface area contributed by atoms with Gasteiger partial charge in [0.2, 0.25) is 0 Å². The van der Waals surface area contributed by atoms with Crippen LogP contribution in [0.25, 0.3) is 10.8 Å². The van der Waals surface area contributed by atoms with Gasteiger partial charge in [-0.2, -0.15) is 0 Å². The molecule has 0 atom stereocenters. The number of carboxylic acids is 1. The zero-order valence-corrected chi connectivity index (χ0v) is 23.3. The summed E-state index contributed by atoms with van der Waals surface area (Å²) in [6, 6.07) is 17.6. The Morgan fingerprint density at radius 2 is 1.60 bits per heavy atom. The molecule has 0 unspecified atom stereocenters. The second-order valence-electron chi connectivity index (χ2n) is 10.7. The van der Waals surface area contributed by atoms with Crippen molar-refractivity contribution in [2.75, 3.05) is 42.3 Å². The lowest BCUT2D eigenvalue weighted by molar-refractivity contribution is -0.136. The molecule has 4 N–H and O–H groups in total. The van der Waals surface area contributed by atoms with Gasteiger partial charge in [0.15, 0.2) is 0 Å². The smallest absolute Gasteiger partial charge is 0.305 e. The van der Waals surface area contributed by atoms with E-state index in [0.29, 0.717) is 5.92 Å². The molecule has 5 rings (SSSR count). The normalized spacial score (nSPS) is 17.1. The molecule has 2 fully saturated rings. The van der Waals surface area contributed by atoms with Crippen molar-refractivity contribution in [2.24, 2.45) is 11.8 Å². The van der Waals surface area contributed by atoms with Crippen molar-refractivity contribution in [3.63, 3.8) is 0 Å². The fraction of sp³-hybridized carbons (Fsp3) is 0.400. The van der Waals surface area contributed by atoms with E-state index < -0.39 is 21.9 Å². The summed E-state index contributed by atoms with van der Waals surface area (Å²) in [7, 11) is -4.01. The Kier molecular flexibility index (Phi) is 8.56. The van der Waals surface area contributed by atoms with E-state index in [2.05, 4.69) is 20.3 Å². The molecule has 10 heteroatoms. The maximum atomic E-state index is 13.5. The molecule has 0 saturated carbocycles. The molecule has 2 heterocycles. The monoisotopic (exact) mass is 564 g/mol. The Labute approximate surface area is 235 Å². The van der Waals surface area contributed by atoms with Gasteiger partial charge in [0.1, 0.15) is 0 Å². The van der Waals surface area contributed by atoms with Crippen LogP contribution in [-0.4, -0.2) is 58.1 Å². The second-order valence-corrected chi connectivity index (χ2v) is 12.3. The first-order chi connectivity index (χ1) is 19.3. The third-order valence-electron chi connectivity index (χ3n) is 8.10. The van der Waals surface area contributed by atoms with Gasteiger partial charge in [0.25, 0.3) is 15.9 Å². The van der Waals surface area contributed by atoms with Gasteiger partial charge >= 0.3 is 5.97 Å². The summed E-state index contributed by atoms with van der Waals surface area (Å²) in [5, 5.41) is 16.7. The van der Waals surface area contributed by atoms with Gasteiger partial charge in [-0.25, -0.2) is 8.42 Å². The molecule has 0 spiro atoms. The average molecular weight is 565 g/mol. The van der Waals surface area contributed by atoms with Gasteiger partial charge in [-0.1, -0.05) is 30.3 Å². The van der Waals surface area contributed by atoms with Gasteiger partial charge in [0, 0.05) is 25.3 Å². The van der Waals surface area contributed by atoms with E-state index in [-0.39, 0.29) is 29.1 Å². The molecule has 40 heavy (non-hydrogen) atoms. The number of fused-ring (bicyclic) bond motifs is 1. The van der Waals surface area contributed by atoms with Crippen molar-refractivity contribution >= 4 is 44.0 Å². The number of benzene rings is 3. The zero-order valence-electron chi connectivity index (χ0n) is 22.4. The number of hydrogen-bond acceptors (Lipinski definition) is 6. The van der Waals surface area contributed by atoms with Crippen LogP contribution in [0.5, 0.6) is 0 Å². The van der Waals surface area contributed by atoms with Crippen molar-refractivity contribution in [3.05, 3.63) is 66.2 Å². The van der Waals surface area contributed by atoms with Gasteiger partial charge < -0.3 is 20.6 Å². The Balaban J connectivity index is 1.39. The first-order valence-electron chi connectivity index (χ1n) is 13.9. The molecule has 2 aliphatic rings. The molecule has 212 valence electrons. The standard InChI is InChI=1S/C30H36N4O5S/c35-29(36)11-16-32-30(37)27-8-6-25(34-17-12-23(13-18-34)22-9-14-31-15-10-22)20-28(27)33-40(38,39)26-7-5-21-3-1-2-4-24(21)19-26/h1-8,19-20,22-23,31,33H,9-18H2,(H,32,37)(H,35,36). The van der Waals surface area contributed by atoms with Crippen LogP contribution in [0.4, 0.5) is 11.4 Å². The fourth-order valence-electron chi connectivity index (χ4n) is 5.87. The molecule has 0 aliphatic carbocycles. The molecule has 0 radical (unpaired) electrons. The quantitative estimate of drug-likeness (QED) is 0.309. The van der Waals surface area contributed by atoms with Crippen molar-refractivity contribution in [1.29, 1.82) is 0 Å². The van der Waals surface area contributed by atoms with Gasteiger partial charge in [0.05, 0.1) is 22.6 Å². The number of carbonyl (C=O) groups excluding carboxylic acids is 1. The predicted octanol–water partition coefficient (Wildman–Crippen LogP) is 4.06. The molecule has 0 aromatic heterocycles. The third kappa shape index (κ3) is 6.56. The van der Waals surface area contributed by atoms with Gasteiger partial charge in [-0.3, -0.25) is 14.3 Å². The highest BCUT2D eigenvalue weighted by atomic mass is 32.2. The minimum absolute atomic E-state index is 0.0585. The molecule has 3 aromatic rings.